The highest BCUT2D eigenvalue weighted by molar-refractivity contribution is 5.85. The van der Waals surface area contributed by atoms with E-state index in [1.165, 1.54) is 24.0 Å². The average Bonchev–Trinajstić information content (AvgIpc) is 3.22. The van der Waals surface area contributed by atoms with Crippen molar-refractivity contribution in [2.24, 2.45) is 11.7 Å². The molecule has 0 aromatic heterocycles. The van der Waals surface area contributed by atoms with Gasteiger partial charge in [0.15, 0.2) is 0 Å². The first-order chi connectivity index (χ1) is 10.2. The van der Waals surface area contributed by atoms with Gasteiger partial charge in [0.1, 0.15) is 6.10 Å². The van der Waals surface area contributed by atoms with Gasteiger partial charge in [0.25, 0.3) is 0 Å². The number of benzene rings is 1. The molecule has 22 heavy (non-hydrogen) atoms. The quantitative estimate of drug-likeness (QED) is 0.874. The Morgan fingerprint density at radius 1 is 1.32 bits per heavy atom. The summed E-state index contributed by atoms with van der Waals surface area (Å²) in [6.45, 7) is 2.60. The van der Waals surface area contributed by atoms with Gasteiger partial charge in [0, 0.05) is 6.54 Å². The van der Waals surface area contributed by atoms with E-state index in [0.717, 1.165) is 12.8 Å². The lowest BCUT2D eigenvalue weighted by Gasteiger charge is -2.22. The number of rotatable bonds is 5. The van der Waals surface area contributed by atoms with E-state index in [-0.39, 0.29) is 36.6 Å². The van der Waals surface area contributed by atoms with Gasteiger partial charge in [-0.3, -0.25) is 4.79 Å². The number of nitrogens with one attached hydrogen (secondary N) is 1. The zero-order valence-corrected chi connectivity index (χ0v) is 13.8. The summed E-state index contributed by atoms with van der Waals surface area (Å²) in [4.78, 5) is 12.5. The fourth-order valence-corrected chi connectivity index (χ4v) is 3.13. The van der Waals surface area contributed by atoms with E-state index in [9.17, 15) is 4.79 Å². The topological polar surface area (TPSA) is 64.4 Å². The van der Waals surface area contributed by atoms with Gasteiger partial charge in [-0.25, -0.2) is 0 Å². The third kappa shape index (κ3) is 3.80. The van der Waals surface area contributed by atoms with Crippen molar-refractivity contribution in [3.8, 4) is 0 Å². The predicted octanol–water partition coefficient (Wildman–Crippen LogP) is 2.49. The number of hydrogen-bond acceptors (Lipinski definition) is 3. The van der Waals surface area contributed by atoms with Crippen molar-refractivity contribution < 1.29 is 9.53 Å². The number of carbonyl (C=O) groups excluding carboxylic acids is 1. The molecule has 2 fully saturated rings. The molecular weight excluding hydrogens is 300 g/mol. The summed E-state index contributed by atoms with van der Waals surface area (Å²) in [5, 5.41) is 3.22. The van der Waals surface area contributed by atoms with Crippen molar-refractivity contribution in [2.45, 2.75) is 50.9 Å². The molecule has 0 spiro atoms. The van der Waals surface area contributed by atoms with Crippen LogP contribution in [0, 0.1) is 12.8 Å². The van der Waals surface area contributed by atoms with Gasteiger partial charge in [0.2, 0.25) is 5.91 Å². The van der Waals surface area contributed by atoms with Gasteiger partial charge < -0.3 is 15.8 Å². The molecular formula is C17H25ClN2O2. The van der Waals surface area contributed by atoms with Crippen LogP contribution in [0.3, 0.4) is 0 Å². The fourth-order valence-electron chi connectivity index (χ4n) is 3.13. The van der Waals surface area contributed by atoms with E-state index in [1.54, 1.807) is 0 Å². The van der Waals surface area contributed by atoms with Gasteiger partial charge in [0.05, 0.1) is 12.1 Å². The Hall–Kier alpha value is -1.10. The first-order valence-electron chi connectivity index (χ1n) is 7.90. The molecule has 1 unspecified atom stereocenters. The Bertz CT molecular complexity index is 519. The minimum atomic E-state index is -0.330. The van der Waals surface area contributed by atoms with Gasteiger partial charge in [-0.15, -0.1) is 12.4 Å². The molecule has 0 bridgehead atoms. The first-order valence-corrected chi connectivity index (χ1v) is 7.90. The monoisotopic (exact) mass is 324 g/mol. The zero-order chi connectivity index (χ0) is 14.8. The largest absolute Gasteiger partial charge is 0.364 e. The van der Waals surface area contributed by atoms with E-state index in [0.29, 0.717) is 12.5 Å². The van der Waals surface area contributed by atoms with E-state index in [4.69, 9.17) is 10.5 Å². The second-order valence-electron chi connectivity index (χ2n) is 6.24. The summed E-state index contributed by atoms with van der Waals surface area (Å²) in [6, 6.07) is 8.43. The third-order valence-electron chi connectivity index (χ3n) is 4.58. The molecule has 4 nitrogen and oxygen atoms in total. The maximum Gasteiger partial charge on any atom is 0.249 e. The molecule has 1 saturated heterocycles. The highest BCUT2D eigenvalue weighted by Crippen LogP contribution is 2.42. The van der Waals surface area contributed by atoms with Crippen LogP contribution >= 0.6 is 12.4 Å². The summed E-state index contributed by atoms with van der Waals surface area (Å²) in [5.74, 6) is 0.591. The SMILES string of the molecule is Cc1ccccc1C(NC(=O)[C@@H]1CC[C@H](CN)O1)C1CC1.Cl. The van der Waals surface area contributed by atoms with Crippen molar-refractivity contribution >= 4 is 18.3 Å². The van der Waals surface area contributed by atoms with Crippen LogP contribution in [0.4, 0.5) is 0 Å². The molecule has 1 heterocycles. The molecule has 1 aliphatic carbocycles. The number of halogens is 1. The van der Waals surface area contributed by atoms with E-state index >= 15 is 0 Å². The molecule has 1 aliphatic heterocycles. The molecule has 3 N–H and O–H groups in total. The van der Waals surface area contributed by atoms with Gasteiger partial charge in [-0.05, 0) is 49.7 Å². The smallest absolute Gasteiger partial charge is 0.249 e. The molecule has 3 atom stereocenters. The van der Waals surface area contributed by atoms with Crippen LogP contribution in [0.5, 0.6) is 0 Å². The second-order valence-corrected chi connectivity index (χ2v) is 6.24. The van der Waals surface area contributed by atoms with Crippen LogP contribution in [0.1, 0.15) is 42.9 Å². The molecule has 1 aromatic rings. The lowest BCUT2D eigenvalue weighted by molar-refractivity contribution is -0.132. The molecule has 5 heteroatoms. The Morgan fingerprint density at radius 2 is 2.05 bits per heavy atom. The summed E-state index contributed by atoms with van der Waals surface area (Å²) in [6.07, 6.45) is 3.75. The molecule has 1 amide bonds. The highest BCUT2D eigenvalue weighted by atomic mass is 35.5. The Kier molecular flexibility index (Phi) is 5.84. The van der Waals surface area contributed by atoms with Crippen molar-refractivity contribution in [1.82, 2.24) is 5.32 Å². The zero-order valence-electron chi connectivity index (χ0n) is 13.0. The molecule has 122 valence electrons. The van der Waals surface area contributed by atoms with Crippen LogP contribution in [0.25, 0.3) is 0 Å². The molecule has 0 radical (unpaired) electrons. The molecule has 1 saturated carbocycles. The standard InChI is InChI=1S/C17H24N2O2.ClH/c1-11-4-2-3-5-14(11)16(12-6-7-12)19-17(20)15-9-8-13(10-18)21-15;/h2-5,12-13,15-16H,6-10,18H2,1H3,(H,19,20);1H/t13-,15+,16?;/m1./s1. The number of amides is 1. The first kappa shape index (κ1) is 17.3. The number of ether oxygens (including phenoxy) is 1. The number of hydrogen-bond donors (Lipinski definition) is 2. The molecule has 3 rings (SSSR count). The molecule has 1 aromatic carbocycles. The van der Waals surface area contributed by atoms with Crippen LogP contribution in [0.2, 0.25) is 0 Å². The summed E-state index contributed by atoms with van der Waals surface area (Å²) >= 11 is 0. The summed E-state index contributed by atoms with van der Waals surface area (Å²) < 4.78 is 5.70. The Labute approximate surface area is 138 Å². The van der Waals surface area contributed by atoms with Crippen molar-refractivity contribution in [3.05, 3.63) is 35.4 Å². The van der Waals surface area contributed by atoms with Gasteiger partial charge in [-0.2, -0.15) is 0 Å². The van der Waals surface area contributed by atoms with E-state index < -0.39 is 0 Å². The third-order valence-corrected chi connectivity index (χ3v) is 4.58. The van der Waals surface area contributed by atoms with Crippen molar-refractivity contribution in [1.29, 1.82) is 0 Å². The van der Waals surface area contributed by atoms with Crippen LogP contribution in [-0.2, 0) is 9.53 Å². The van der Waals surface area contributed by atoms with E-state index in [2.05, 4.69) is 24.4 Å². The normalized spacial score (nSPS) is 25.4. The van der Waals surface area contributed by atoms with Crippen LogP contribution in [0.15, 0.2) is 24.3 Å². The minimum Gasteiger partial charge on any atom is -0.364 e. The fraction of sp³-hybridized carbons (Fsp3) is 0.588. The van der Waals surface area contributed by atoms with Crippen LogP contribution < -0.4 is 11.1 Å². The number of carbonyl (C=O) groups is 1. The van der Waals surface area contributed by atoms with Crippen molar-refractivity contribution in [3.63, 3.8) is 0 Å². The average molecular weight is 325 g/mol. The van der Waals surface area contributed by atoms with Gasteiger partial charge >= 0.3 is 0 Å². The van der Waals surface area contributed by atoms with Crippen LogP contribution in [-0.4, -0.2) is 24.7 Å². The van der Waals surface area contributed by atoms with E-state index in [1.807, 2.05) is 12.1 Å². The predicted molar refractivity (Wildman–Crippen MR) is 89.0 cm³/mol. The summed E-state index contributed by atoms with van der Waals surface area (Å²) in [5.41, 5.74) is 8.09. The number of nitrogens with two attached hydrogens (primary N) is 1. The maximum atomic E-state index is 12.5. The minimum absolute atomic E-state index is 0. The second kappa shape index (κ2) is 7.44. The number of aryl methyl sites for hydroxylation is 1. The summed E-state index contributed by atoms with van der Waals surface area (Å²) in [7, 11) is 0. The Morgan fingerprint density at radius 3 is 2.64 bits per heavy atom. The maximum absolute atomic E-state index is 12.5. The Balaban J connectivity index is 0.00000176. The lowest BCUT2D eigenvalue weighted by atomic mass is 9.97. The molecule has 2 aliphatic rings. The highest BCUT2D eigenvalue weighted by Gasteiger charge is 2.37. The lowest BCUT2D eigenvalue weighted by Crippen LogP contribution is -2.38. The van der Waals surface area contributed by atoms with Crippen molar-refractivity contribution in [2.75, 3.05) is 6.54 Å². The van der Waals surface area contributed by atoms with Gasteiger partial charge in [-0.1, -0.05) is 24.3 Å².